The molecular weight excluding hydrogens is 278 g/mol. The van der Waals surface area contributed by atoms with Gasteiger partial charge in [-0.15, -0.1) is 0 Å². The molecule has 1 amide bonds. The zero-order valence-corrected chi connectivity index (χ0v) is 12.8. The molecule has 0 aromatic carbocycles. The third kappa shape index (κ3) is 3.53. The molecule has 0 saturated heterocycles. The first-order valence-corrected chi connectivity index (χ1v) is 7.85. The topological polar surface area (TPSA) is 68.0 Å². The summed E-state index contributed by atoms with van der Waals surface area (Å²) >= 11 is 0. The Morgan fingerprint density at radius 1 is 1.41 bits per heavy atom. The monoisotopic (exact) mass is 299 g/mol. The van der Waals surface area contributed by atoms with Crippen LogP contribution >= 0.6 is 0 Å². The number of nitrogens with zero attached hydrogens (tertiary/aromatic N) is 2. The van der Waals surface area contributed by atoms with E-state index in [1.165, 1.54) is 12.8 Å². The molecule has 1 atom stereocenters. The van der Waals surface area contributed by atoms with Crippen molar-refractivity contribution in [2.75, 3.05) is 0 Å². The van der Waals surface area contributed by atoms with Crippen molar-refractivity contribution in [1.29, 1.82) is 0 Å². The highest BCUT2D eigenvalue weighted by atomic mass is 16.5. The van der Waals surface area contributed by atoms with Crippen molar-refractivity contribution < 1.29 is 9.32 Å². The van der Waals surface area contributed by atoms with Crippen molar-refractivity contribution in [2.45, 2.75) is 45.1 Å². The Morgan fingerprint density at radius 2 is 2.23 bits per heavy atom. The average Bonchev–Trinajstić information content (AvgIpc) is 3.18. The highest BCUT2D eigenvalue weighted by molar-refractivity contribution is 5.78. The van der Waals surface area contributed by atoms with Gasteiger partial charge in [0.2, 0.25) is 5.91 Å². The Kier molecular flexibility index (Phi) is 4.51. The molecule has 22 heavy (non-hydrogen) atoms. The number of carbonyl (C=O) groups is 1. The third-order valence-electron chi connectivity index (χ3n) is 4.21. The van der Waals surface area contributed by atoms with E-state index < -0.39 is 0 Å². The van der Waals surface area contributed by atoms with Gasteiger partial charge in [0.05, 0.1) is 23.9 Å². The quantitative estimate of drug-likeness (QED) is 0.921. The van der Waals surface area contributed by atoms with Crippen LogP contribution in [0.15, 0.2) is 35.0 Å². The summed E-state index contributed by atoms with van der Waals surface area (Å²) < 4.78 is 5.01. The minimum atomic E-state index is -0.0316. The summed E-state index contributed by atoms with van der Waals surface area (Å²) in [6.45, 7) is 1.82. The molecule has 0 radical (unpaired) electrons. The molecule has 1 saturated carbocycles. The summed E-state index contributed by atoms with van der Waals surface area (Å²) in [6.07, 6.45) is 6.77. The number of aromatic nitrogens is 2. The Labute approximate surface area is 130 Å². The lowest BCUT2D eigenvalue weighted by atomic mass is 9.94. The fourth-order valence-corrected chi connectivity index (χ4v) is 3.17. The van der Waals surface area contributed by atoms with Crippen molar-refractivity contribution in [1.82, 2.24) is 15.5 Å². The Morgan fingerprint density at radius 3 is 2.86 bits per heavy atom. The normalized spacial score (nSPS) is 16.6. The molecule has 116 valence electrons. The smallest absolute Gasteiger partial charge is 0.226 e. The van der Waals surface area contributed by atoms with Gasteiger partial charge in [-0.05, 0) is 37.8 Å². The number of amides is 1. The molecule has 1 unspecified atom stereocenters. The van der Waals surface area contributed by atoms with Gasteiger partial charge < -0.3 is 9.84 Å². The number of aryl methyl sites for hydroxylation is 1. The minimum Gasteiger partial charge on any atom is -0.361 e. The second-order valence-electron chi connectivity index (χ2n) is 5.95. The molecule has 0 aliphatic heterocycles. The fraction of sp³-hybridized carbons (Fsp3) is 0.471. The number of hydrogen-bond acceptors (Lipinski definition) is 4. The van der Waals surface area contributed by atoms with E-state index in [2.05, 4.69) is 15.5 Å². The van der Waals surface area contributed by atoms with Crippen molar-refractivity contribution in [3.05, 3.63) is 47.6 Å². The molecule has 1 aliphatic rings. The summed E-state index contributed by atoms with van der Waals surface area (Å²) in [4.78, 5) is 16.8. The zero-order valence-electron chi connectivity index (χ0n) is 12.8. The maximum absolute atomic E-state index is 12.3. The fourth-order valence-electron chi connectivity index (χ4n) is 3.17. The maximum atomic E-state index is 12.3. The van der Waals surface area contributed by atoms with Gasteiger partial charge in [-0.3, -0.25) is 9.78 Å². The highest BCUT2D eigenvalue weighted by Crippen LogP contribution is 2.35. The van der Waals surface area contributed by atoms with E-state index in [0.717, 1.165) is 24.3 Å². The van der Waals surface area contributed by atoms with E-state index in [1.54, 1.807) is 12.3 Å². The summed E-state index contributed by atoms with van der Waals surface area (Å²) in [6, 6.07) is 7.64. The van der Waals surface area contributed by atoms with Crippen LogP contribution in [0.1, 0.15) is 48.9 Å². The second kappa shape index (κ2) is 6.73. The maximum Gasteiger partial charge on any atom is 0.226 e. The van der Waals surface area contributed by atoms with E-state index in [-0.39, 0.29) is 18.4 Å². The molecule has 5 heteroatoms. The van der Waals surface area contributed by atoms with Crippen LogP contribution in [0.25, 0.3) is 0 Å². The number of pyridine rings is 1. The minimum absolute atomic E-state index is 0.0100. The van der Waals surface area contributed by atoms with Crippen LogP contribution in [-0.2, 0) is 11.2 Å². The summed E-state index contributed by atoms with van der Waals surface area (Å²) in [7, 11) is 0. The average molecular weight is 299 g/mol. The molecule has 2 heterocycles. The largest absolute Gasteiger partial charge is 0.361 e. The molecule has 2 aromatic rings. The molecular formula is C17H21N3O2. The highest BCUT2D eigenvalue weighted by Gasteiger charge is 2.28. The zero-order chi connectivity index (χ0) is 15.4. The first-order chi connectivity index (χ1) is 10.7. The molecule has 5 nitrogen and oxygen atoms in total. The molecule has 0 bridgehead atoms. The van der Waals surface area contributed by atoms with Crippen LogP contribution in [-0.4, -0.2) is 16.0 Å². The van der Waals surface area contributed by atoms with E-state index in [0.29, 0.717) is 11.6 Å². The summed E-state index contributed by atoms with van der Waals surface area (Å²) in [5.41, 5.74) is 1.61. The van der Waals surface area contributed by atoms with Crippen molar-refractivity contribution in [3.63, 3.8) is 0 Å². The molecule has 0 spiro atoms. The number of nitrogens with one attached hydrogen (secondary N) is 1. The van der Waals surface area contributed by atoms with E-state index in [9.17, 15) is 4.79 Å². The predicted octanol–water partition coefficient (Wildman–Crippen LogP) is 2.97. The molecule has 1 fully saturated rings. The first kappa shape index (κ1) is 14.8. The molecule has 1 N–H and O–H groups in total. The van der Waals surface area contributed by atoms with Gasteiger partial charge in [-0.25, -0.2) is 0 Å². The molecule has 1 aliphatic carbocycles. The van der Waals surface area contributed by atoms with Crippen LogP contribution in [0.4, 0.5) is 0 Å². The van der Waals surface area contributed by atoms with Crippen LogP contribution < -0.4 is 5.32 Å². The second-order valence-corrected chi connectivity index (χ2v) is 5.95. The molecule has 3 rings (SSSR count). The van der Waals surface area contributed by atoms with Crippen LogP contribution in [0, 0.1) is 12.8 Å². The van der Waals surface area contributed by atoms with E-state index in [4.69, 9.17) is 4.52 Å². The van der Waals surface area contributed by atoms with Crippen molar-refractivity contribution in [3.8, 4) is 0 Å². The van der Waals surface area contributed by atoms with E-state index >= 15 is 0 Å². The predicted molar refractivity (Wildman–Crippen MR) is 82.0 cm³/mol. The number of hydrogen-bond donors (Lipinski definition) is 1. The van der Waals surface area contributed by atoms with Crippen molar-refractivity contribution in [2.24, 2.45) is 5.92 Å². The van der Waals surface area contributed by atoms with E-state index in [1.807, 2.05) is 25.1 Å². The Bertz CT molecular complexity index is 618. The van der Waals surface area contributed by atoms with Gasteiger partial charge in [0.25, 0.3) is 0 Å². The van der Waals surface area contributed by atoms with Gasteiger partial charge in [-0.1, -0.05) is 24.1 Å². The summed E-state index contributed by atoms with van der Waals surface area (Å²) in [5.74, 6) is 1.16. The van der Waals surface area contributed by atoms with Crippen LogP contribution in [0.3, 0.4) is 0 Å². The van der Waals surface area contributed by atoms with Gasteiger partial charge in [0.1, 0.15) is 5.76 Å². The Hall–Kier alpha value is -2.17. The third-order valence-corrected chi connectivity index (χ3v) is 4.21. The standard InChI is InChI=1S/C17H21N3O2/c1-12-10-14(20-22-12)11-16(21)19-17(13-6-2-3-7-13)15-8-4-5-9-18-15/h4-5,8-10,13,17H,2-3,6-7,11H2,1H3,(H,19,21). The Balaban J connectivity index is 1.70. The lowest BCUT2D eigenvalue weighted by Gasteiger charge is -2.24. The first-order valence-electron chi connectivity index (χ1n) is 7.85. The number of carbonyl (C=O) groups excluding carboxylic acids is 1. The lowest BCUT2D eigenvalue weighted by molar-refractivity contribution is -0.121. The van der Waals surface area contributed by atoms with Crippen LogP contribution in [0.5, 0.6) is 0 Å². The number of rotatable bonds is 5. The molecule has 2 aromatic heterocycles. The van der Waals surface area contributed by atoms with Gasteiger partial charge in [0, 0.05) is 12.3 Å². The SMILES string of the molecule is Cc1cc(CC(=O)NC(c2ccccn2)C2CCCC2)no1. The van der Waals surface area contributed by atoms with Gasteiger partial charge >= 0.3 is 0 Å². The van der Waals surface area contributed by atoms with Gasteiger partial charge in [-0.2, -0.15) is 0 Å². The summed E-state index contributed by atoms with van der Waals surface area (Å²) in [5, 5.41) is 7.03. The van der Waals surface area contributed by atoms with Crippen molar-refractivity contribution >= 4 is 5.91 Å². The van der Waals surface area contributed by atoms with Gasteiger partial charge in [0.15, 0.2) is 0 Å². The van der Waals surface area contributed by atoms with Crippen LogP contribution in [0.2, 0.25) is 0 Å². The lowest BCUT2D eigenvalue weighted by Crippen LogP contribution is -2.34.